The number of fused-ring (bicyclic) bond motifs is 1. The Hall–Kier alpha value is -2.02. The number of aryl methyl sites for hydroxylation is 1. The van der Waals surface area contributed by atoms with Gasteiger partial charge >= 0.3 is 0 Å². The highest BCUT2D eigenvalue weighted by Crippen LogP contribution is 2.28. The van der Waals surface area contributed by atoms with E-state index in [1.54, 1.807) is 22.5 Å². The number of aromatic nitrogens is 3. The highest BCUT2D eigenvalue weighted by Gasteiger charge is 2.20. The van der Waals surface area contributed by atoms with Crippen molar-refractivity contribution in [2.75, 3.05) is 5.75 Å². The molecule has 0 atom stereocenters. The molecular formula is C18H14Cl2N4OS. The van der Waals surface area contributed by atoms with E-state index in [4.69, 9.17) is 27.9 Å². The minimum absolute atomic E-state index is 0.286. The molecule has 0 spiro atoms. The van der Waals surface area contributed by atoms with Gasteiger partial charge in [0.15, 0.2) is 5.82 Å². The molecule has 132 valence electrons. The fraction of sp³-hybridized carbons (Fsp3) is 0.167. The van der Waals surface area contributed by atoms with Crippen LogP contribution in [0, 0.1) is 6.92 Å². The molecule has 5 nitrogen and oxygen atoms in total. The largest absolute Gasteiger partial charge is 0.486 e. The molecule has 0 saturated carbocycles. The quantitative estimate of drug-likeness (QED) is 0.624. The Morgan fingerprint density at radius 3 is 2.65 bits per heavy atom. The van der Waals surface area contributed by atoms with Crippen molar-refractivity contribution in [2.45, 2.75) is 18.7 Å². The number of benzene rings is 2. The standard InChI is InChI=1S/C18H14Cl2N4OS/c1-11-2-5-13(6-3-11)25-9-17-21-22-18-24(17)23-16(10-26-18)12-4-7-14(19)15(20)8-12/h2-8H,9-10H2,1H3. The van der Waals surface area contributed by atoms with Crippen LogP contribution in [-0.4, -0.2) is 26.3 Å². The first-order valence-corrected chi connectivity index (χ1v) is 9.64. The topological polar surface area (TPSA) is 52.3 Å². The van der Waals surface area contributed by atoms with Crippen LogP contribution in [0.25, 0.3) is 0 Å². The second kappa shape index (κ2) is 7.31. The molecule has 1 aromatic heterocycles. The molecule has 0 fully saturated rings. The molecule has 1 aliphatic heterocycles. The van der Waals surface area contributed by atoms with E-state index in [1.165, 1.54) is 5.56 Å². The molecule has 0 aliphatic carbocycles. The first-order chi connectivity index (χ1) is 12.6. The van der Waals surface area contributed by atoms with Gasteiger partial charge in [-0.2, -0.15) is 9.78 Å². The number of nitrogens with zero attached hydrogens (tertiary/aromatic N) is 4. The predicted octanol–water partition coefficient (Wildman–Crippen LogP) is 4.83. The van der Waals surface area contributed by atoms with Crippen LogP contribution >= 0.6 is 35.0 Å². The zero-order valence-corrected chi connectivity index (χ0v) is 16.1. The lowest BCUT2D eigenvalue weighted by Crippen LogP contribution is -2.15. The molecule has 0 unspecified atom stereocenters. The third-order valence-corrected chi connectivity index (χ3v) is 5.55. The summed E-state index contributed by atoms with van der Waals surface area (Å²) in [6.07, 6.45) is 0. The van der Waals surface area contributed by atoms with Gasteiger partial charge in [0.05, 0.1) is 15.8 Å². The normalized spacial score (nSPS) is 13.3. The van der Waals surface area contributed by atoms with Crippen LogP contribution in [0.2, 0.25) is 10.0 Å². The first kappa shape index (κ1) is 17.4. The van der Waals surface area contributed by atoms with Gasteiger partial charge in [-0.05, 0) is 31.2 Å². The van der Waals surface area contributed by atoms with Gasteiger partial charge in [0, 0.05) is 11.3 Å². The van der Waals surface area contributed by atoms with Crippen molar-refractivity contribution >= 4 is 40.7 Å². The van der Waals surface area contributed by atoms with E-state index >= 15 is 0 Å². The van der Waals surface area contributed by atoms with Crippen LogP contribution in [-0.2, 0) is 6.61 Å². The summed E-state index contributed by atoms with van der Waals surface area (Å²) in [4.78, 5) is 0. The highest BCUT2D eigenvalue weighted by atomic mass is 35.5. The van der Waals surface area contributed by atoms with E-state index in [0.29, 0.717) is 21.6 Å². The molecule has 0 radical (unpaired) electrons. The Morgan fingerprint density at radius 1 is 1.08 bits per heavy atom. The van der Waals surface area contributed by atoms with Crippen molar-refractivity contribution in [1.82, 2.24) is 14.9 Å². The monoisotopic (exact) mass is 404 g/mol. The minimum atomic E-state index is 0.286. The van der Waals surface area contributed by atoms with Gasteiger partial charge in [-0.15, -0.1) is 10.2 Å². The Morgan fingerprint density at radius 2 is 1.88 bits per heavy atom. The van der Waals surface area contributed by atoms with Crippen LogP contribution in [0.5, 0.6) is 5.75 Å². The maximum atomic E-state index is 6.13. The maximum absolute atomic E-state index is 6.13. The molecule has 0 amide bonds. The zero-order chi connectivity index (χ0) is 18.1. The minimum Gasteiger partial charge on any atom is -0.486 e. The first-order valence-electron chi connectivity index (χ1n) is 7.90. The van der Waals surface area contributed by atoms with Crippen molar-refractivity contribution in [3.8, 4) is 5.75 Å². The predicted molar refractivity (Wildman–Crippen MR) is 105 cm³/mol. The molecule has 0 saturated heterocycles. The molecule has 0 N–H and O–H groups in total. The number of ether oxygens (including phenoxy) is 1. The maximum Gasteiger partial charge on any atom is 0.212 e. The molecule has 26 heavy (non-hydrogen) atoms. The van der Waals surface area contributed by atoms with E-state index in [2.05, 4.69) is 15.3 Å². The highest BCUT2D eigenvalue weighted by molar-refractivity contribution is 7.99. The van der Waals surface area contributed by atoms with Gasteiger partial charge in [-0.25, -0.2) is 0 Å². The molecule has 4 rings (SSSR count). The van der Waals surface area contributed by atoms with Gasteiger partial charge in [0.2, 0.25) is 5.16 Å². The molecule has 2 heterocycles. The lowest BCUT2D eigenvalue weighted by Gasteiger charge is -2.14. The average Bonchev–Trinajstić information content (AvgIpc) is 3.06. The number of hydrogen-bond donors (Lipinski definition) is 0. The summed E-state index contributed by atoms with van der Waals surface area (Å²) in [6.45, 7) is 2.32. The van der Waals surface area contributed by atoms with Crippen molar-refractivity contribution in [3.63, 3.8) is 0 Å². The molecule has 1 aliphatic rings. The molecular weight excluding hydrogens is 391 g/mol. The average molecular weight is 405 g/mol. The Labute approximate surface area is 165 Å². The lowest BCUT2D eigenvalue weighted by atomic mass is 10.1. The molecule has 3 aromatic rings. The van der Waals surface area contributed by atoms with Crippen molar-refractivity contribution in [1.29, 1.82) is 0 Å². The zero-order valence-electron chi connectivity index (χ0n) is 13.8. The van der Waals surface area contributed by atoms with Gasteiger partial charge in [-0.3, -0.25) is 0 Å². The Balaban J connectivity index is 1.58. The summed E-state index contributed by atoms with van der Waals surface area (Å²) in [5, 5.41) is 14.8. The van der Waals surface area contributed by atoms with Gasteiger partial charge < -0.3 is 4.74 Å². The second-order valence-corrected chi connectivity index (χ2v) is 7.53. The third kappa shape index (κ3) is 3.58. The van der Waals surface area contributed by atoms with Gasteiger partial charge in [-0.1, -0.05) is 58.7 Å². The number of rotatable bonds is 4. The summed E-state index contributed by atoms with van der Waals surface area (Å²) in [7, 11) is 0. The van der Waals surface area contributed by atoms with Crippen LogP contribution in [0.3, 0.4) is 0 Å². The van der Waals surface area contributed by atoms with Gasteiger partial charge in [0.25, 0.3) is 0 Å². The second-order valence-electron chi connectivity index (χ2n) is 5.78. The van der Waals surface area contributed by atoms with E-state index in [1.807, 2.05) is 43.3 Å². The van der Waals surface area contributed by atoms with Crippen LogP contribution < -0.4 is 4.74 Å². The van der Waals surface area contributed by atoms with Crippen LogP contribution in [0.15, 0.2) is 52.7 Å². The summed E-state index contributed by atoms with van der Waals surface area (Å²) in [5.41, 5.74) is 3.00. The lowest BCUT2D eigenvalue weighted by molar-refractivity contribution is 0.290. The van der Waals surface area contributed by atoms with E-state index < -0.39 is 0 Å². The summed E-state index contributed by atoms with van der Waals surface area (Å²) < 4.78 is 7.53. The van der Waals surface area contributed by atoms with E-state index in [9.17, 15) is 0 Å². The van der Waals surface area contributed by atoms with Crippen LogP contribution in [0.1, 0.15) is 17.0 Å². The Kier molecular flexibility index (Phi) is 4.89. The molecule has 0 bridgehead atoms. The van der Waals surface area contributed by atoms with Crippen molar-refractivity contribution in [2.24, 2.45) is 5.10 Å². The fourth-order valence-corrected chi connectivity index (χ4v) is 3.61. The summed E-state index contributed by atoms with van der Waals surface area (Å²) in [6, 6.07) is 13.4. The fourth-order valence-electron chi connectivity index (χ4n) is 2.46. The summed E-state index contributed by atoms with van der Waals surface area (Å²) >= 11 is 13.7. The smallest absolute Gasteiger partial charge is 0.212 e. The van der Waals surface area contributed by atoms with E-state index in [0.717, 1.165) is 22.2 Å². The number of hydrogen-bond acceptors (Lipinski definition) is 5. The molecule has 2 aromatic carbocycles. The SMILES string of the molecule is Cc1ccc(OCc2nnc3n2N=C(c2ccc(Cl)c(Cl)c2)CS3)cc1. The Bertz CT molecular complexity index is 985. The molecule has 8 heteroatoms. The summed E-state index contributed by atoms with van der Waals surface area (Å²) in [5.74, 6) is 2.12. The van der Waals surface area contributed by atoms with Crippen molar-refractivity contribution < 1.29 is 4.74 Å². The van der Waals surface area contributed by atoms with Crippen molar-refractivity contribution in [3.05, 3.63) is 69.5 Å². The third-order valence-electron chi connectivity index (χ3n) is 3.88. The van der Waals surface area contributed by atoms with Gasteiger partial charge in [0.1, 0.15) is 12.4 Å². The van der Waals surface area contributed by atoms with Crippen LogP contribution in [0.4, 0.5) is 0 Å². The number of thioether (sulfide) groups is 1. The van der Waals surface area contributed by atoms with E-state index in [-0.39, 0.29) is 6.61 Å². The number of halogens is 2.